The Hall–Kier alpha value is -2.45. The number of rotatable bonds is 20. The summed E-state index contributed by atoms with van der Waals surface area (Å²) in [4.78, 5) is 0. The molecule has 0 spiro atoms. The van der Waals surface area contributed by atoms with Crippen molar-refractivity contribution in [3.63, 3.8) is 0 Å². The third-order valence-corrected chi connectivity index (χ3v) is 15.0. The largest absolute Gasteiger partial charge is 0.115 e. The summed E-state index contributed by atoms with van der Waals surface area (Å²) in [6, 6.07) is 36.5. The van der Waals surface area contributed by atoms with Crippen LogP contribution in [0.15, 0.2) is 109 Å². The Balaban J connectivity index is 0.000000704. The predicted octanol–water partition coefficient (Wildman–Crippen LogP) is 16.4. The first-order valence-corrected chi connectivity index (χ1v) is 25.0. The summed E-state index contributed by atoms with van der Waals surface area (Å²) in [5.74, 6) is 5.21. The average molecular weight is 956 g/mol. The summed E-state index contributed by atoms with van der Waals surface area (Å²) < 4.78 is 0. The summed E-state index contributed by atoms with van der Waals surface area (Å²) in [7, 11) is 0.843. The van der Waals surface area contributed by atoms with Gasteiger partial charge in [0, 0.05) is 32.2 Å². The fourth-order valence-electron chi connectivity index (χ4n) is 5.74. The predicted molar refractivity (Wildman–Crippen MR) is 252 cm³/mol. The molecule has 0 unspecified atom stereocenters. The minimum absolute atomic E-state index is 0. The van der Waals surface area contributed by atoms with Gasteiger partial charge in [0.05, 0.1) is 0 Å². The maximum absolute atomic E-state index is 5.29. The van der Waals surface area contributed by atoms with Crippen LogP contribution < -0.4 is 0 Å². The van der Waals surface area contributed by atoms with Gasteiger partial charge in [0.1, 0.15) is 0 Å². The van der Waals surface area contributed by atoms with Crippen molar-refractivity contribution >= 4 is 15.8 Å². The second kappa shape index (κ2) is 37.1. The minimum Gasteiger partial charge on any atom is -0.115 e. The molecule has 0 aliphatic carbocycles. The van der Waals surface area contributed by atoms with E-state index in [1.54, 1.807) is 37.0 Å². The normalized spacial score (nSPS) is 10.0. The molecular formula is C52H74P2Pt. The van der Waals surface area contributed by atoms with Crippen LogP contribution in [-0.4, -0.2) is 37.0 Å². The van der Waals surface area contributed by atoms with Gasteiger partial charge in [-0.3, -0.25) is 0 Å². The first-order valence-electron chi connectivity index (χ1n) is 21.2. The van der Waals surface area contributed by atoms with Gasteiger partial charge in [-0.2, -0.15) is 0 Å². The van der Waals surface area contributed by atoms with Gasteiger partial charge in [-0.1, -0.05) is 177 Å². The zero-order valence-electron chi connectivity index (χ0n) is 35.5. The average Bonchev–Trinajstić information content (AvgIpc) is 3.24. The second-order valence-electron chi connectivity index (χ2n) is 14.0. The Bertz CT molecular complexity index is 1330. The summed E-state index contributed by atoms with van der Waals surface area (Å²) in [6.07, 6.45) is 37.0. The zero-order chi connectivity index (χ0) is 39.5. The van der Waals surface area contributed by atoms with E-state index in [-0.39, 0.29) is 21.1 Å². The second-order valence-corrected chi connectivity index (χ2v) is 19.3. The van der Waals surface area contributed by atoms with Gasteiger partial charge in [0.2, 0.25) is 0 Å². The fourth-order valence-corrected chi connectivity index (χ4v) is 11.7. The molecule has 0 heterocycles. The molecule has 0 radical (unpaired) electrons. The Labute approximate surface area is 357 Å². The van der Waals surface area contributed by atoms with Gasteiger partial charge >= 0.3 is 0 Å². The van der Waals surface area contributed by atoms with Gasteiger partial charge in [0.25, 0.3) is 0 Å². The van der Waals surface area contributed by atoms with Crippen LogP contribution in [-0.2, 0) is 21.1 Å². The topological polar surface area (TPSA) is 0 Å². The smallest absolute Gasteiger partial charge is 0.0243 e. The number of benzene rings is 4. The van der Waals surface area contributed by atoms with Crippen molar-refractivity contribution in [1.29, 1.82) is 0 Å². The van der Waals surface area contributed by atoms with Gasteiger partial charge in [0.15, 0.2) is 0 Å². The van der Waals surface area contributed by atoms with E-state index in [9.17, 15) is 0 Å². The molecule has 0 amide bonds. The summed E-state index contributed by atoms with van der Waals surface area (Å²) in [6.45, 7) is 13.9. The third-order valence-electron chi connectivity index (χ3n) is 9.28. The molecule has 0 aliphatic rings. The summed E-state index contributed by atoms with van der Waals surface area (Å²) >= 11 is 0. The van der Waals surface area contributed by atoms with Crippen molar-refractivity contribution in [2.45, 2.75) is 119 Å². The molecule has 0 aliphatic heterocycles. The number of hydrogen-bond acceptors (Lipinski definition) is 0. The molecule has 0 saturated heterocycles. The van der Waals surface area contributed by atoms with Crippen molar-refractivity contribution in [3.8, 4) is 46.9 Å². The van der Waals surface area contributed by atoms with Crippen LogP contribution in [0.4, 0.5) is 0 Å². The van der Waals surface area contributed by atoms with Crippen LogP contribution in [0.25, 0.3) is 22.3 Å². The number of unbranched alkanes of at least 4 members (excludes halogenated alkanes) is 6. The molecule has 0 N–H and O–H groups in total. The van der Waals surface area contributed by atoms with Gasteiger partial charge in [-0.05, 0) is 122 Å². The van der Waals surface area contributed by atoms with E-state index in [1.165, 1.54) is 99.3 Å². The third kappa shape index (κ3) is 26.2. The quantitative estimate of drug-likeness (QED) is 0.0612. The molecule has 0 atom stereocenters. The van der Waals surface area contributed by atoms with E-state index in [0.717, 1.165) is 11.1 Å². The van der Waals surface area contributed by atoms with Crippen LogP contribution in [0, 0.1) is 24.7 Å². The van der Waals surface area contributed by atoms with E-state index in [1.807, 2.05) is 84.9 Å². The zero-order valence-corrected chi connectivity index (χ0v) is 39.5. The van der Waals surface area contributed by atoms with Crippen LogP contribution in [0.2, 0.25) is 0 Å². The standard InChI is InChI=1S/2C14H10.2C12H27P.Pt/c2*1-2-12-8-10-14(11-9-12)13-6-4-3-5-7-13;2*1-4-7-10-13(11-8-5-2)12-9-6-3;/h2*1,3-11H;2*4-12H2,1-3H3;. The van der Waals surface area contributed by atoms with Crippen LogP contribution in [0.5, 0.6) is 0 Å². The molecule has 0 nitrogen and oxygen atoms in total. The first kappa shape index (κ1) is 52.5. The maximum atomic E-state index is 5.29. The van der Waals surface area contributed by atoms with Crippen molar-refractivity contribution in [3.05, 3.63) is 120 Å². The summed E-state index contributed by atoms with van der Waals surface area (Å²) in [5, 5.41) is 0. The van der Waals surface area contributed by atoms with Crippen LogP contribution in [0.1, 0.15) is 130 Å². The molecule has 0 fully saturated rings. The van der Waals surface area contributed by atoms with Crippen LogP contribution in [0.3, 0.4) is 0 Å². The molecular weight excluding hydrogens is 882 g/mol. The van der Waals surface area contributed by atoms with E-state index < -0.39 is 0 Å². The minimum atomic E-state index is 0. The molecule has 4 aromatic rings. The van der Waals surface area contributed by atoms with Gasteiger partial charge in [-0.15, -0.1) is 28.7 Å². The Morgan fingerprint density at radius 1 is 0.345 bits per heavy atom. The first-order chi connectivity index (χ1) is 26.5. The molecule has 4 rings (SSSR count). The maximum Gasteiger partial charge on any atom is 0.0243 e. The van der Waals surface area contributed by atoms with Gasteiger partial charge < -0.3 is 0 Å². The van der Waals surface area contributed by atoms with Gasteiger partial charge in [-0.25, -0.2) is 0 Å². The van der Waals surface area contributed by atoms with E-state index in [0.29, 0.717) is 15.8 Å². The SMILES string of the molecule is C#Cc1ccc(-c2ccccc2)cc1.C#Cc1ccc(-c2ccccc2)cc1.CCCCP(CCCC)CCCC.CCCCP(CCCC)CCCC.[Pt]. The van der Waals surface area contributed by atoms with E-state index in [2.05, 4.69) is 77.6 Å². The Morgan fingerprint density at radius 3 is 0.764 bits per heavy atom. The molecule has 0 aromatic heterocycles. The van der Waals surface area contributed by atoms with E-state index in [4.69, 9.17) is 12.8 Å². The Kier molecular flexibility index (Phi) is 35.5. The molecule has 55 heavy (non-hydrogen) atoms. The molecule has 4 aromatic carbocycles. The molecule has 0 bridgehead atoms. The summed E-state index contributed by atoms with van der Waals surface area (Å²) in [5.41, 5.74) is 6.68. The van der Waals surface area contributed by atoms with Crippen molar-refractivity contribution in [2.75, 3.05) is 37.0 Å². The van der Waals surface area contributed by atoms with Crippen LogP contribution >= 0.6 is 15.8 Å². The van der Waals surface area contributed by atoms with Crippen molar-refractivity contribution < 1.29 is 21.1 Å². The molecule has 0 saturated carbocycles. The molecule has 3 heteroatoms. The number of terminal acetylenes is 2. The number of hydrogen-bond donors (Lipinski definition) is 0. The fraction of sp³-hybridized carbons (Fsp3) is 0.462. The monoisotopic (exact) mass is 955 g/mol. The van der Waals surface area contributed by atoms with Crippen molar-refractivity contribution in [1.82, 2.24) is 0 Å². The molecule has 302 valence electrons. The Morgan fingerprint density at radius 2 is 0.564 bits per heavy atom. The van der Waals surface area contributed by atoms with Crippen molar-refractivity contribution in [2.24, 2.45) is 0 Å². The van der Waals surface area contributed by atoms with E-state index >= 15 is 0 Å².